The fourth-order valence-electron chi connectivity index (χ4n) is 3.59. The van der Waals surface area contributed by atoms with Crippen LogP contribution in [-0.4, -0.2) is 9.55 Å². The van der Waals surface area contributed by atoms with Crippen LogP contribution >= 0.6 is 0 Å². The normalized spacial score (nSPS) is 24.8. The van der Waals surface area contributed by atoms with Crippen molar-refractivity contribution in [1.29, 1.82) is 0 Å². The van der Waals surface area contributed by atoms with E-state index in [2.05, 4.69) is 28.8 Å². The fraction of sp³-hybridized carbons (Fsp3) is 0.812. The van der Waals surface area contributed by atoms with Crippen LogP contribution in [0.2, 0.25) is 0 Å². The lowest BCUT2D eigenvalue weighted by Crippen LogP contribution is -2.37. The minimum absolute atomic E-state index is 0.206. The number of hydrazine groups is 1. The van der Waals surface area contributed by atoms with E-state index in [4.69, 9.17) is 5.84 Å². The first kappa shape index (κ1) is 15.5. The number of nitrogens with one attached hydrogen (secondary N) is 1. The predicted octanol–water partition coefficient (Wildman–Crippen LogP) is 3.40. The minimum Gasteiger partial charge on any atom is -0.334 e. The molecule has 1 saturated carbocycles. The summed E-state index contributed by atoms with van der Waals surface area (Å²) < 4.78 is 2.20. The zero-order valence-corrected chi connectivity index (χ0v) is 13.0. The van der Waals surface area contributed by atoms with Crippen molar-refractivity contribution >= 4 is 0 Å². The molecule has 1 aromatic heterocycles. The molecule has 3 N–H and O–H groups in total. The summed E-state index contributed by atoms with van der Waals surface area (Å²) in [5.41, 5.74) is 3.02. The van der Waals surface area contributed by atoms with E-state index in [0.717, 1.165) is 18.3 Å². The Morgan fingerprint density at radius 2 is 2.10 bits per heavy atom. The Morgan fingerprint density at radius 3 is 2.70 bits per heavy atom. The highest BCUT2D eigenvalue weighted by molar-refractivity contribution is 5.02. The summed E-state index contributed by atoms with van der Waals surface area (Å²) in [5, 5.41) is 0. The molecular formula is C16H30N4. The van der Waals surface area contributed by atoms with Crippen LogP contribution in [-0.2, 0) is 6.54 Å². The summed E-state index contributed by atoms with van der Waals surface area (Å²) in [6.07, 6.45) is 13.3. The van der Waals surface area contributed by atoms with Crippen LogP contribution in [0.25, 0.3) is 0 Å². The maximum Gasteiger partial charge on any atom is 0.127 e. The van der Waals surface area contributed by atoms with E-state index in [-0.39, 0.29) is 6.04 Å². The van der Waals surface area contributed by atoms with E-state index in [1.807, 2.05) is 12.4 Å². The Bertz CT molecular complexity index is 380. The quantitative estimate of drug-likeness (QED) is 0.593. The van der Waals surface area contributed by atoms with Crippen LogP contribution in [0.4, 0.5) is 0 Å². The molecule has 2 rings (SSSR count). The lowest BCUT2D eigenvalue weighted by molar-refractivity contribution is 0.206. The van der Waals surface area contributed by atoms with Gasteiger partial charge in [-0.05, 0) is 31.6 Å². The molecule has 1 unspecified atom stereocenters. The molecule has 114 valence electrons. The molecule has 1 aliphatic carbocycles. The van der Waals surface area contributed by atoms with Gasteiger partial charge in [0, 0.05) is 18.9 Å². The number of unbranched alkanes of at least 4 members (excludes halogenated alkanes) is 1. The molecular weight excluding hydrogens is 248 g/mol. The van der Waals surface area contributed by atoms with Crippen LogP contribution < -0.4 is 11.3 Å². The van der Waals surface area contributed by atoms with Crippen molar-refractivity contribution in [2.24, 2.45) is 17.7 Å². The Kier molecular flexibility index (Phi) is 6.05. The molecule has 0 aliphatic heterocycles. The number of aryl methyl sites for hydroxylation is 1. The number of nitrogens with zero attached hydrogens (tertiary/aromatic N) is 2. The predicted molar refractivity (Wildman–Crippen MR) is 82.9 cm³/mol. The minimum atomic E-state index is 0.206. The first-order valence-corrected chi connectivity index (χ1v) is 8.27. The number of hydrogen-bond donors (Lipinski definition) is 2. The molecule has 20 heavy (non-hydrogen) atoms. The maximum absolute atomic E-state index is 5.83. The third kappa shape index (κ3) is 3.61. The summed E-state index contributed by atoms with van der Waals surface area (Å²) >= 11 is 0. The Morgan fingerprint density at radius 1 is 1.35 bits per heavy atom. The van der Waals surface area contributed by atoms with Crippen LogP contribution in [0.1, 0.15) is 70.7 Å². The summed E-state index contributed by atoms with van der Waals surface area (Å²) in [6.45, 7) is 5.39. The van der Waals surface area contributed by atoms with Gasteiger partial charge in [0.1, 0.15) is 5.82 Å². The lowest BCUT2D eigenvalue weighted by atomic mass is 9.76. The highest BCUT2D eigenvalue weighted by atomic mass is 15.3. The number of hydrogen-bond acceptors (Lipinski definition) is 3. The third-order valence-corrected chi connectivity index (χ3v) is 4.87. The van der Waals surface area contributed by atoms with Crippen molar-refractivity contribution in [2.75, 3.05) is 0 Å². The zero-order chi connectivity index (χ0) is 14.4. The van der Waals surface area contributed by atoms with Crippen molar-refractivity contribution in [3.05, 3.63) is 18.2 Å². The summed E-state index contributed by atoms with van der Waals surface area (Å²) in [4.78, 5) is 4.52. The molecule has 0 radical (unpaired) electrons. The molecule has 1 fully saturated rings. The first-order chi connectivity index (χ1) is 9.80. The molecule has 4 nitrogen and oxygen atoms in total. The van der Waals surface area contributed by atoms with Crippen molar-refractivity contribution in [3.8, 4) is 0 Å². The molecule has 0 bridgehead atoms. The Labute approximate surface area is 123 Å². The smallest absolute Gasteiger partial charge is 0.127 e. The highest BCUT2D eigenvalue weighted by Crippen LogP contribution is 2.37. The summed E-state index contributed by atoms with van der Waals surface area (Å²) in [7, 11) is 0. The van der Waals surface area contributed by atoms with Crippen LogP contribution in [0, 0.1) is 11.8 Å². The molecule has 0 saturated heterocycles. The fourth-order valence-corrected chi connectivity index (χ4v) is 3.59. The van der Waals surface area contributed by atoms with E-state index in [1.165, 1.54) is 44.9 Å². The zero-order valence-electron chi connectivity index (χ0n) is 13.0. The van der Waals surface area contributed by atoms with Gasteiger partial charge in [-0.25, -0.2) is 10.4 Å². The SMILES string of the molecule is CCCCC1CCC(C(NN)c2nccn2CC)CC1. The van der Waals surface area contributed by atoms with Gasteiger partial charge >= 0.3 is 0 Å². The van der Waals surface area contributed by atoms with Crippen molar-refractivity contribution in [1.82, 2.24) is 15.0 Å². The first-order valence-electron chi connectivity index (χ1n) is 8.27. The highest BCUT2D eigenvalue weighted by Gasteiger charge is 2.29. The second-order valence-corrected chi connectivity index (χ2v) is 6.14. The molecule has 1 atom stereocenters. The largest absolute Gasteiger partial charge is 0.334 e. The van der Waals surface area contributed by atoms with Gasteiger partial charge in [-0.2, -0.15) is 0 Å². The van der Waals surface area contributed by atoms with Gasteiger partial charge in [-0.1, -0.05) is 39.0 Å². The van der Waals surface area contributed by atoms with E-state index >= 15 is 0 Å². The van der Waals surface area contributed by atoms with E-state index < -0.39 is 0 Å². The average molecular weight is 278 g/mol. The number of nitrogens with two attached hydrogens (primary N) is 1. The third-order valence-electron chi connectivity index (χ3n) is 4.87. The van der Waals surface area contributed by atoms with Gasteiger partial charge < -0.3 is 4.57 Å². The van der Waals surface area contributed by atoms with Crippen LogP contribution in [0.5, 0.6) is 0 Å². The molecule has 4 heteroatoms. The number of imidazole rings is 1. The lowest BCUT2D eigenvalue weighted by Gasteiger charge is -2.33. The molecule has 1 aromatic rings. The van der Waals surface area contributed by atoms with Gasteiger partial charge in [0.05, 0.1) is 6.04 Å². The second kappa shape index (κ2) is 7.79. The van der Waals surface area contributed by atoms with Gasteiger partial charge in [-0.3, -0.25) is 5.84 Å². The Hall–Kier alpha value is -0.870. The number of aromatic nitrogens is 2. The molecule has 0 aromatic carbocycles. The molecule has 0 amide bonds. The van der Waals surface area contributed by atoms with Gasteiger partial charge in [-0.15, -0.1) is 0 Å². The van der Waals surface area contributed by atoms with Crippen molar-refractivity contribution in [2.45, 2.75) is 71.4 Å². The summed E-state index contributed by atoms with van der Waals surface area (Å²) in [5.74, 6) is 8.50. The number of rotatable bonds is 7. The van der Waals surface area contributed by atoms with Gasteiger partial charge in [0.25, 0.3) is 0 Å². The Balaban J connectivity index is 1.93. The van der Waals surface area contributed by atoms with E-state index in [1.54, 1.807) is 0 Å². The second-order valence-electron chi connectivity index (χ2n) is 6.14. The standard InChI is InChI=1S/C16H30N4/c1-3-5-6-13-7-9-14(10-8-13)15(19-17)16-18-11-12-20(16)4-2/h11-15,19H,3-10,17H2,1-2H3. The van der Waals surface area contributed by atoms with Gasteiger partial charge in [0.2, 0.25) is 0 Å². The van der Waals surface area contributed by atoms with Crippen molar-refractivity contribution in [3.63, 3.8) is 0 Å². The molecule has 0 spiro atoms. The maximum atomic E-state index is 5.83. The topological polar surface area (TPSA) is 55.9 Å². The van der Waals surface area contributed by atoms with Crippen LogP contribution in [0.3, 0.4) is 0 Å². The van der Waals surface area contributed by atoms with Crippen molar-refractivity contribution < 1.29 is 0 Å². The monoisotopic (exact) mass is 278 g/mol. The van der Waals surface area contributed by atoms with E-state index in [0.29, 0.717) is 5.92 Å². The summed E-state index contributed by atoms with van der Waals surface area (Å²) in [6, 6.07) is 0.206. The molecule has 1 aliphatic rings. The molecule has 1 heterocycles. The van der Waals surface area contributed by atoms with Crippen LogP contribution in [0.15, 0.2) is 12.4 Å². The van der Waals surface area contributed by atoms with E-state index in [9.17, 15) is 0 Å². The van der Waals surface area contributed by atoms with Gasteiger partial charge in [0.15, 0.2) is 0 Å². The average Bonchev–Trinajstić information content (AvgIpc) is 2.95.